The van der Waals surface area contributed by atoms with Crippen LogP contribution < -0.4 is 20.3 Å². The molecule has 0 radical (unpaired) electrons. The lowest BCUT2D eigenvalue weighted by Crippen LogP contribution is -2.31. The molecule has 10 nitrogen and oxygen atoms in total. The molecule has 2 N–H and O–H groups in total. The van der Waals surface area contributed by atoms with Crippen LogP contribution in [0.3, 0.4) is 0 Å². The molecule has 11 heteroatoms. The Bertz CT molecular complexity index is 1280. The SMILES string of the molecule is CC.CN1CCc2cc(Nc3cc4c(cn3)CCN(c3cnc5c(c3Cl)NCCO5)C4)nn2CC1=O. The number of carbonyl (C=O) groups excluding carboxylic acids is 1. The van der Waals surface area contributed by atoms with Gasteiger partial charge in [-0.2, -0.15) is 5.10 Å². The molecule has 0 spiro atoms. The molecule has 6 rings (SSSR count). The molecule has 0 aliphatic carbocycles. The lowest BCUT2D eigenvalue weighted by atomic mass is 10.0. The van der Waals surface area contributed by atoms with Gasteiger partial charge in [0.1, 0.15) is 24.7 Å². The zero-order valence-electron chi connectivity index (χ0n) is 20.8. The van der Waals surface area contributed by atoms with Gasteiger partial charge in [0, 0.05) is 57.6 Å². The molecule has 0 bridgehead atoms. The number of fused-ring (bicyclic) bond motifs is 3. The monoisotopic (exact) mass is 510 g/mol. The van der Waals surface area contributed by atoms with Crippen LogP contribution in [0.5, 0.6) is 5.88 Å². The van der Waals surface area contributed by atoms with Gasteiger partial charge in [-0.1, -0.05) is 25.4 Å². The first-order valence-corrected chi connectivity index (χ1v) is 12.8. The van der Waals surface area contributed by atoms with Crippen molar-refractivity contribution in [2.45, 2.75) is 39.8 Å². The van der Waals surface area contributed by atoms with E-state index in [1.807, 2.05) is 33.2 Å². The summed E-state index contributed by atoms with van der Waals surface area (Å²) in [6, 6.07) is 4.06. The fourth-order valence-corrected chi connectivity index (χ4v) is 4.94. The Kier molecular flexibility index (Phi) is 6.86. The number of pyridine rings is 2. The van der Waals surface area contributed by atoms with Gasteiger partial charge < -0.3 is 25.2 Å². The van der Waals surface area contributed by atoms with Gasteiger partial charge in [0.15, 0.2) is 5.82 Å². The standard InChI is InChI=1S/C23H25ClN8O2.C2H6/c1-30-5-3-16-9-19(29-32(16)13-20(30)33)28-18-8-15-12-31(6-2-14(15)10-26-18)17-11-27-23-22(21(17)24)25-4-7-34-23;1-2/h8-11,25H,2-7,12-13H2,1H3,(H,26,28,29);1-2H3. The van der Waals surface area contributed by atoms with Crippen LogP contribution in [-0.2, 0) is 30.7 Å². The summed E-state index contributed by atoms with van der Waals surface area (Å²) < 4.78 is 7.38. The molecule has 0 aromatic carbocycles. The molecule has 190 valence electrons. The highest BCUT2D eigenvalue weighted by molar-refractivity contribution is 6.36. The number of carbonyl (C=O) groups is 1. The first-order chi connectivity index (χ1) is 17.5. The van der Waals surface area contributed by atoms with Crippen molar-refractivity contribution < 1.29 is 9.53 Å². The van der Waals surface area contributed by atoms with Crippen molar-refractivity contribution in [2.24, 2.45) is 0 Å². The predicted molar refractivity (Wildman–Crippen MR) is 140 cm³/mol. The molecular formula is C25H31ClN8O2. The summed E-state index contributed by atoms with van der Waals surface area (Å²) in [5.74, 6) is 2.04. The fraction of sp³-hybridized carbons (Fsp3) is 0.440. The number of ether oxygens (including phenoxy) is 1. The van der Waals surface area contributed by atoms with E-state index in [-0.39, 0.29) is 12.5 Å². The van der Waals surface area contributed by atoms with Gasteiger partial charge in [-0.15, -0.1) is 0 Å². The van der Waals surface area contributed by atoms with Crippen molar-refractivity contribution in [2.75, 3.05) is 48.8 Å². The average Bonchev–Trinajstić information content (AvgIpc) is 3.23. The maximum absolute atomic E-state index is 12.2. The lowest BCUT2D eigenvalue weighted by Gasteiger charge is -2.32. The number of nitrogens with one attached hydrogen (secondary N) is 2. The zero-order valence-corrected chi connectivity index (χ0v) is 21.6. The Hall–Kier alpha value is -3.53. The molecule has 0 unspecified atom stereocenters. The van der Waals surface area contributed by atoms with Gasteiger partial charge in [-0.3, -0.25) is 9.48 Å². The van der Waals surface area contributed by atoms with Crippen LogP contribution in [0.2, 0.25) is 5.02 Å². The molecule has 3 aliphatic rings. The van der Waals surface area contributed by atoms with Gasteiger partial charge in [-0.25, -0.2) is 9.97 Å². The minimum absolute atomic E-state index is 0.0671. The predicted octanol–water partition coefficient (Wildman–Crippen LogP) is 3.48. The van der Waals surface area contributed by atoms with Gasteiger partial charge in [-0.05, 0) is 23.6 Å². The van der Waals surface area contributed by atoms with Gasteiger partial charge in [0.25, 0.3) is 0 Å². The van der Waals surface area contributed by atoms with Crippen LogP contribution in [0.25, 0.3) is 0 Å². The fourth-order valence-electron chi connectivity index (χ4n) is 4.62. The second-order valence-corrected chi connectivity index (χ2v) is 9.17. The quantitative estimate of drug-likeness (QED) is 0.552. The summed E-state index contributed by atoms with van der Waals surface area (Å²) in [6.07, 6.45) is 5.36. The smallest absolute Gasteiger partial charge is 0.244 e. The molecule has 0 fully saturated rings. The maximum atomic E-state index is 12.2. The number of likely N-dealkylation sites (N-methyl/N-ethyl adjacent to an activating group) is 1. The Morgan fingerprint density at radius 2 is 1.92 bits per heavy atom. The van der Waals surface area contributed by atoms with E-state index < -0.39 is 0 Å². The maximum Gasteiger partial charge on any atom is 0.244 e. The second kappa shape index (κ2) is 10.2. The van der Waals surface area contributed by atoms with Crippen LogP contribution in [0.15, 0.2) is 24.5 Å². The van der Waals surface area contributed by atoms with E-state index in [1.165, 1.54) is 11.1 Å². The van der Waals surface area contributed by atoms with Crippen LogP contribution in [0.1, 0.15) is 30.7 Å². The highest BCUT2D eigenvalue weighted by atomic mass is 35.5. The van der Waals surface area contributed by atoms with Gasteiger partial charge >= 0.3 is 0 Å². The molecule has 1 amide bonds. The van der Waals surface area contributed by atoms with Crippen LogP contribution in [0, 0.1) is 0 Å². The Morgan fingerprint density at radius 1 is 1.06 bits per heavy atom. The van der Waals surface area contributed by atoms with Crippen molar-refractivity contribution in [3.63, 3.8) is 0 Å². The third-order valence-corrected chi connectivity index (χ3v) is 6.96. The molecular weight excluding hydrogens is 480 g/mol. The average molecular weight is 511 g/mol. The van der Waals surface area contributed by atoms with Crippen molar-refractivity contribution >= 4 is 40.5 Å². The van der Waals surface area contributed by atoms with Crippen LogP contribution in [0.4, 0.5) is 23.0 Å². The lowest BCUT2D eigenvalue weighted by molar-refractivity contribution is -0.130. The summed E-state index contributed by atoms with van der Waals surface area (Å²) in [6.45, 7) is 7.79. The molecule has 6 heterocycles. The van der Waals surface area contributed by atoms with Crippen molar-refractivity contribution in [3.05, 3.63) is 46.4 Å². The highest BCUT2D eigenvalue weighted by Crippen LogP contribution is 2.40. The van der Waals surface area contributed by atoms with E-state index in [1.54, 1.807) is 15.8 Å². The van der Waals surface area contributed by atoms with E-state index in [0.29, 0.717) is 43.0 Å². The Balaban J connectivity index is 0.00000130. The van der Waals surface area contributed by atoms with Crippen LogP contribution >= 0.6 is 11.6 Å². The molecule has 0 saturated heterocycles. The van der Waals surface area contributed by atoms with Crippen molar-refractivity contribution in [3.8, 4) is 5.88 Å². The summed E-state index contributed by atoms with van der Waals surface area (Å²) in [5.41, 5.74) is 5.09. The third-order valence-electron chi connectivity index (χ3n) is 6.57. The normalized spacial score (nSPS) is 16.4. The molecule has 3 aromatic heterocycles. The summed E-state index contributed by atoms with van der Waals surface area (Å²) in [5, 5.41) is 11.8. The van der Waals surface area contributed by atoms with E-state index in [4.69, 9.17) is 16.3 Å². The summed E-state index contributed by atoms with van der Waals surface area (Å²) in [7, 11) is 1.83. The zero-order chi connectivity index (χ0) is 25.2. The molecule has 3 aromatic rings. The minimum atomic E-state index is 0.0671. The molecule has 0 atom stereocenters. The first kappa shape index (κ1) is 24.2. The number of anilines is 4. The minimum Gasteiger partial charge on any atom is -0.474 e. The largest absolute Gasteiger partial charge is 0.474 e. The molecule has 0 saturated carbocycles. The second-order valence-electron chi connectivity index (χ2n) is 8.79. The van der Waals surface area contributed by atoms with E-state index >= 15 is 0 Å². The number of rotatable bonds is 3. The van der Waals surface area contributed by atoms with Crippen molar-refractivity contribution in [1.82, 2.24) is 24.6 Å². The van der Waals surface area contributed by atoms with Gasteiger partial charge in [0.05, 0.1) is 16.9 Å². The number of amides is 1. The number of hydrogen-bond donors (Lipinski definition) is 2. The summed E-state index contributed by atoms with van der Waals surface area (Å²) in [4.78, 5) is 25.2. The highest BCUT2D eigenvalue weighted by Gasteiger charge is 2.25. The first-order valence-electron chi connectivity index (χ1n) is 12.4. The van der Waals surface area contributed by atoms with Crippen molar-refractivity contribution in [1.29, 1.82) is 0 Å². The number of nitrogens with zero attached hydrogens (tertiary/aromatic N) is 6. The topological polar surface area (TPSA) is 100 Å². The van der Waals surface area contributed by atoms with E-state index in [0.717, 1.165) is 42.3 Å². The number of aromatic nitrogens is 4. The number of halogens is 1. The van der Waals surface area contributed by atoms with E-state index in [9.17, 15) is 4.79 Å². The third kappa shape index (κ3) is 4.65. The Morgan fingerprint density at radius 3 is 2.78 bits per heavy atom. The molecule has 36 heavy (non-hydrogen) atoms. The Labute approximate surface area is 215 Å². The number of hydrogen-bond acceptors (Lipinski definition) is 8. The van der Waals surface area contributed by atoms with Crippen LogP contribution in [-0.4, -0.2) is 63.8 Å². The van der Waals surface area contributed by atoms with Gasteiger partial charge in [0.2, 0.25) is 11.8 Å². The molecule has 3 aliphatic heterocycles. The van der Waals surface area contributed by atoms with E-state index in [2.05, 4.69) is 36.7 Å². The summed E-state index contributed by atoms with van der Waals surface area (Å²) >= 11 is 6.72.